The van der Waals surface area contributed by atoms with Crippen molar-refractivity contribution in [3.8, 4) is 0 Å². The van der Waals surface area contributed by atoms with Crippen LogP contribution >= 0.6 is 23.2 Å². The minimum absolute atomic E-state index is 0.0792. The second kappa shape index (κ2) is 8.76. The lowest BCUT2D eigenvalue weighted by molar-refractivity contribution is -0.155. The van der Waals surface area contributed by atoms with Crippen LogP contribution in [-0.4, -0.2) is 36.2 Å². The fraction of sp³-hybridized carbons (Fsp3) is 0.345. The highest BCUT2D eigenvalue weighted by molar-refractivity contribution is 6.37. The van der Waals surface area contributed by atoms with E-state index in [0.717, 1.165) is 9.80 Å². The van der Waals surface area contributed by atoms with E-state index in [-0.39, 0.29) is 33.6 Å². The molecule has 2 aromatic rings. The molecule has 0 aromatic heterocycles. The molecule has 10 heteroatoms. The van der Waals surface area contributed by atoms with E-state index in [4.69, 9.17) is 27.9 Å². The van der Waals surface area contributed by atoms with Crippen LogP contribution in [0, 0.1) is 35.0 Å². The van der Waals surface area contributed by atoms with Gasteiger partial charge >= 0.3 is 5.97 Å². The first kappa shape index (κ1) is 25.8. The van der Waals surface area contributed by atoms with Crippen LogP contribution in [0.3, 0.4) is 0 Å². The van der Waals surface area contributed by atoms with Crippen LogP contribution in [0.15, 0.2) is 59.7 Å². The molecule has 0 N–H and O–H groups in total. The molecule has 0 radical (unpaired) electrons. The van der Waals surface area contributed by atoms with Gasteiger partial charge in [-0.1, -0.05) is 60.0 Å². The van der Waals surface area contributed by atoms with Crippen molar-refractivity contribution in [2.75, 3.05) is 16.4 Å². The molecule has 3 aliphatic carbocycles. The van der Waals surface area contributed by atoms with Gasteiger partial charge in [-0.05, 0) is 38.1 Å². The van der Waals surface area contributed by atoms with Gasteiger partial charge in [-0.3, -0.25) is 19.2 Å². The normalized spacial score (nSPS) is 31.3. The van der Waals surface area contributed by atoms with Crippen molar-refractivity contribution in [2.45, 2.75) is 20.8 Å². The molecule has 4 unspecified atom stereocenters. The van der Waals surface area contributed by atoms with Gasteiger partial charge < -0.3 is 4.74 Å². The number of carbonyl (C=O) groups excluding carboxylic acids is 5. The SMILES string of the molecule is CCOC(=O)C1=C(C)C2C3C(=O)N(c4ccccc4Cl)C(=O)C3C1(C)C1C(=O)N(c3ccccc3Cl)C(=O)C21. The Morgan fingerprint density at radius 3 is 1.64 bits per heavy atom. The zero-order valence-electron chi connectivity index (χ0n) is 21.3. The van der Waals surface area contributed by atoms with Gasteiger partial charge in [0.2, 0.25) is 23.6 Å². The van der Waals surface area contributed by atoms with Gasteiger partial charge in [0.05, 0.1) is 51.7 Å². The Bertz CT molecular complexity index is 1440. The van der Waals surface area contributed by atoms with Crippen molar-refractivity contribution >= 4 is 64.2 Å². The molecule has 2 heterocycles. The second-order valence-corrected chi connectivity index (χ2v) is 11.3. The standard InChI is InChI=1S/C29H24Cl2N2O6/c1-4-39-28(38)21-13(2)18-19-22(26(36)32(24(19)34)16-11-7-5-9-14(16)30)29(21,3)23-20(18)25(35)33(27(23)37)17-12-8-6-10-15(17)31/h5-12,18-20,22-23H,4H2,1-3H3. The summed E-state index contributed by atoms with van der Waals surface area (Å²) in [5.41, 5.74) is -0.375. The fourth-order valence-electron chi connectivity index (χ4n) is 7.55. The molecule has 4 atom stereocenters. The van der Waals surface area contributed by atoms with Crippen LogP contribution < -0.4 is 9.80 Å². The molecule has 2 aromatic carbocycles. The lowest BCUT2D eigenvalue weighted by Gasteiger charge is -2.55. The molecule has 4 amide bonds. The van der Waals surface area contributed by atoms with Crippen molar-refractivity contribution in [3.63, 3.8) is 0 Å². The first-order valence-corrected chi connectivity index (χ1v) is 13.5. The third-order valence-electron chi connectivity index (χ3n) is 8.87. The van der Waals surface area contributed by atoms with Gasteiger partial charge in [0.25, 0.3) is 0 Å². The molecule has 2 bridgehead atoms. The molecule has 2 aliphatic heterocycles. The summed E-state index contributed by atoms with van der Waals surface area (Å²) in [5, 5.41) is 0.422. The van der Waals surface area contributed by atoms with Gasteiger partial charge in [-0.25, -0.2) is 14.6 Å². The molecule has 8 nitrogen and oxygen atoms in total. The summed E-state index contributed by atoms with van der Waals surface area (Å²) >= 11 is 12.8. The van der Waals surface area contributed by atoms with E-state index in [0.29, 0.717) is 5.57 Å². The fourth-order valence-corrected chi connectivity index (χ4v) is 7.99. The Hall–Kier alpha value is -3.49. The van der Waals surface area contributed by atoms with Crippen LogP contribution in [-0.2, 0) is 28.7 Å². The van der Waals surface area contributed by atoms with E-state index < -0.39 is 64.6 Å². The van der Waals surface area contributed by atoms with E-state index in [2.05, 4.69) is 0 Å². The van der Waals surface area contributed by atoms with E-state index >= 15 is 0 Å². The number of hydrogen-bond donors (Lipinski definition) is 0. The number of imide groups is 2. The monoisotopic (exact) mass is 566 g/mol. The van der Waals surface area contributed by atoms with Gasteiger partial charge in [0, 0.05) is 16.9 Å². The minimum Gasteiger partial charge on any atom is -0.463 e. The summed E-state index contributed by atoms with van der Waals surface area (Å²) < 4.78 is 5.39. The summed E-state index contributed by atoms with van der Waals surface area (Å²) in [6, 6.07) is 13.0. The number of para-hydroxylation sites is 2. The van der Waals surface area contributed by atoms with Gasteiger partial charge in [0.1, 0.15) is 0 Å². The maximum absolute atomic E-state index is 14.2. The Balaban J connectivity index is 1.57. The van der Waals surface area contributed by atoms with Crippen molar-refractivity contribution < 1.29 is 28.7 Å². The van der Waals surface area contributed by atoms with Crippen molar-refractivity contribution in [3.05, 3.63) is 69.7 Å². The lowest BCUT2D eigenvalue weighted by Crippen LogP contribution is -2.61. The first-order valence-electron chi connectivity index (χ1n) is 12.7. The van der Waals surface area contributed by atoms with E-state index in [1.54, 1.807) is 69.3 Å². The summed E-state index contributed by atoms with van der Waals surface area (Å²) in [5.74, 6) is -7.72. The Kier molecular flexibility index (Phi) is 5.79. The van der Waals surface area contributed by atoms with Crippen LogP contribution in [0.5, 0.6) is 0 Å². The number of amides is 4. The number of benzene rings is 2. The van der Waals surface area contributed by atoms with Crippen molar-refractivity contribution in [1.82, 2.24) is 0 Å². The zero-order valence-corrected chi connectivity index (χ0v) is 22.8. The zero-order chi connectivity index (χ0) is 28.0. The number of esters is 1. The second-order valence-electron chi connectivity index (χ2n) is 10.5. The number of rotatable bonds is 4. The summed E-state index contributed by atoms with van der Waals surface area (Å²) in [6.07, 6.45) is 0. The number of anilines is 2. The number of hydrogen-bond acceptors (Lipinski definition) is 6. The van der Waals surface area contributed by atoms with Crippen LogP contribution in [0.1, 0.15) is 20.8 Å². The number of ether oxygens (including phenoxy) is 1. The predicted octanol–water partition coefficient (Wildman–Crippen LogP) is 4.43. The van der Waals surface area contributed by atoms with E-state index in [1.807, 2.05) is 0 Å². The van der Waals surface area contributed by atoms with Gasteiger partial charge in [0.15, 0.2) is 0 Å². The van der Waals surface area contributed by atoms with Crippen molar-refractivity contribution in [2.24, 2.45) is 35.0 Å². The molecule has 0 spiro atoms. The van der Waals surface area contributed by atoms with Gasteiger partial charge in [-0.15, -0.1) is 0 Å². The number of allylic oxidation sites excluding steroid dienone is 1. The molecule has 7 rings (SSSR count). The number of halogens is 2. The molecular formula is C29H24Cl2N2O6. The molecule has 1 saturated carbocycles. The lowest BCUT2D eigenvalue weighted by atomic mass is 9.43. The largest absolute Gasteiger partial charge is 0.463 e. The average molecular weight is 567 g/mol. The smallest absolute Gasteiger partial charge is 0.334 e. The predicted molar refractivity (Wildman–Crippen MR) is 143 cm³/mol. The summed E-state index contributed by atoms with van der Waals surface area (Å²) in [6.45, 7) is 5.06. The van der Waals surface area contributed by atoms with Crippen molar-refractivity contribution in [1.29, 1.82) is 0 Å². The summed E-state index contributed by atoms with van der Waals surface area (Å²) in [7, 11) is 0. The highest BCUT2D eigenvalue weighted by Gasteiger charge is 2.77. The highest BCUT2D eigenvalue weighted by atomic mass is 35.5. The average Bonchev–Trinajstić information content (AvgIpc) is 3.31. The number of carbonyl (C=O) groups is 5. The molecule has 3 fully saturated rings. The maximum atomic E-state index is 14.2. The molecular weight excluding hydrogens is 543 g/mol. The molecule has 5 aliphatic rings. The Morgan fingerprint density at radius 2 is 1.23 bits per heavy atom. The molecule has 2 saturated heterocycles. The maximum Gasteiger partial charge on any atom is 0.334 e. The third-order valence-corrected chi connectivity index (χ3v) is 9.51. The van der Waals surface area contributed by atoms with E-state index in [9.17, 15) is 24.0 Å². The first-order chi connectivity index (χ1) is 18.6. The van der Waals surface area contributed by atoms with Gasteiger partial charge in [-0.2, -0.15) is 0 Å². The quantitative estimate of drug-likeness (QED) is 0.400. The van der Waals surface area contributed by atoms with Crippen LogP contribution in [0.4, 0.5) is 11.4 Å². The minimum atomic E-state index is -1.49. The molecule has 39 heavy (non-hydrogen) atoms. The Morgan fingerprint density at radius 1 is 0.795 bits per heavy atom. The third kappa shape index (κ3) is 3.16. The number of nitrogens with zero attached hydrogens (tertiary/aromatic N) is 2. The van der Waals surface area contributed by atoms with Crippen LogP contribution in [0.2, 0.25) is 10.0 Å². The summed E-state index contributed by atoms with van der Waals surface area (Å²) in [4.78, 5) is 71.9. The van der Waals surface area contributed by atoms with E-state index in [1.165, 1.54) is 0 Å². The highest BCUT2D eigenvalue weighted by Crippen LogP contribution is 2.69. The van der Waals surface area contributed by atoms with Crippen LogP contribution in [0.25, 0.3) is 0 Å². The molecule has 200 valence electrons. The Labute approximate surface area is 234 Å². The topological polar surface area (TPSA) is 101 Å².